The average Bonchev–Trinajstić information content (AvgIpc) is 2.24. The second-order valence-electron chi connectivity index (χ2n) is 5.25. The minimum atomic E-state index is -1.32. The average molecular weight is 292 g/mol. The van der Waals surface area contributed by atoms with Crippen LogP contribution in [0.3, 0.4) is 0 Å². The minimum absolute atomic E-state index is 0. The molecule has 0 radical (unpaired) electrons. The first-order chi connectivity index (χ1) is 7.83. The first-order valence-electron chi connectivity index (χ1n) is 5.74. The monoisotopic (exact) mass is 291 g/mol. The summed E-state index contributed by atoms with van der Waals surface area (Å²) in [6.07, 6.45) is 0. The Morgan fingerprint density at radius 2 is 2.11 bits per heavy atom. The fourth-order valence-corrected chi connectivity index (χ4v) is 2.38. The number of morpholine rings is 1. The van der Waals surface area contributed by atoms with Gasteiger partial charge in [-0.2, -0.15) is 0 Å². The van der Waals surface area contributed by atoms with Gasteiger partial charge in [-0.05, 0) is 32.9 Å². The van der Waals surface area contributed by atoms with Crippen molar-refractivity contribution in [1.29, 1.82) is 0 Å². The van der Waals surface area contributed by atoms with E-state index in [9.17, 15) is 5.11 Å². The number of rotatable bonds is 1. The van der Waals surface area contributed by atoms with E-state index in [2.05, 4.69) is 5.32 Å². The molecule has 5 heteroatoms. The zero-order chi connectivity index (χ0) is 12.7. The van der Waals surface area contributed by atoms with Crippen LogP contribution in [0.25, 0.3) is 0 Å². The maximum absolute atomic E-state index is 10.6. The fourth-order valence-electron chi connectivity index (χ4n) is 2.19. The highest BCUT2D eigenvalue weighted by molar-refractivity contribution is 6.30. The smallest absolute Gasteiger partial charge is 0.208 e. The summed E-state index contributed by atoms with van der Waals surface area (Å²) in [5.74, 6) is -1.32. The molecule has 0 unspecified atom stereocenters. The van der Waals surface area contributed by atoms with Crippen LogP contribution in [0.2, 0.25) is 5.02 Å². The van der Waals surface area contributed by atoms with Gasteiger partial charge in [-0.1, -0.05) is 23.7 Å². The molecule has 102 valence electrons. The van der Waals surface area contributed by atoms with Crippen molar-refractivity contribution in [2.24, 2.45) is 0 Å². The fraction of sp³-hybridized carbons (Fsp3) is 0.538. The van der Waals surface area contributed by atoms with Crippen molar-refractivity contribution >= 4 is 24.0 Å². The third-order valence-corrected chi connectivity index (χ3v) is 3.32. The van der Waals surface area contributed by atoms with Gasteiger partial charge in [0.05, 0.1) is 12.6 Å². The summed E-state index contributed by atoms with van der Waals surface area (Å²) in [4.78, 5) is 0. The molecule has 1 aliphatic heterocycles. The Morgan fingerprint density at radius 1 is 1.44 bits per heavy atom. The molecule has 1 heterocycles. The molecule has 0 amide bonds. The summed E-state index contributed by atoms with van der Waals surface area (Å²) in [6, 6.07) is 6.94. The van der Waals surface area contributed by atoms with Crippen LogP contribution in [0, 0.1) is 0 Å². The lowest BCUT2D eigenvalue weighted by molar-refractivity contribution is -0.263. The predicted molar refractivity (Wildman–Crippen MR) is 75.2 cm³/mol. The van der Waals surface area contributed by atoms with Crippen molar-refractivity contribution < 1.29 is 9.84 Å². The lowest BCUT2D eigenvalue weighted by Gasteiger charge is -2.46. The molecule has 1 aliphatic rings. The standard InChI is InChI=1S/C13H18ClNO2.ClH/c1-9-13(16,17-8-12(2,3)15-9)10-5-4-6-11(14)7-10;/h4-7,9,15-16H,8H2,1-3H3;1H/t9-,13+;/m0./s1. The van der Waals surface area contributed by atoms with Crippen molar-refractivity contribution in [3.8, 4) is 0 Å². The third kappa shape index (κ3) is 2.98. The molecule has 3 nitrogen and oxygen atoms in total. The van der Waals surface area contributed by atoms with Gasteiger partial charge in [-0.15, -0.1) is 12.4 Å². The molecule has 18 heavy (non-hydrogen) atoms. The van der Waals surface area contributed by atoms with Crippen LogP contribution in [0.4, 0.5) is 0 Å². The Kier molecular flexibility index (Phi) is 4.68. The number of nitrogens with one attached hydrogen (secondary N) is 1. The Balaban J connectivity index is 0.00000162. The van der Waals surface area contributed by atoms with Gasteiger partial charge >= 0.3 is 0 Å². The Hall–Kier alpha value is -0.320. The highest BCUT2D eigenvalue weighted by Crippen LogP contribution is 2.33. The molecule has 2 atom stereocenters. The van der Waals surface area contributed by atoms with Gasteiger partial charge in [0.1, 0.15) is 0 Å². The van der Waals surface area contributed by atoms with Gasteiger partial charge in [-0.3, -0.25) is 0 Å². The van der Waals surface area contributed by atoms with Crippen LogP contribution < -0.4 is 5.32 Å². The van der Waals surface area contributed by atoms with Crippen molar-refractivity contribution in [2.75, 3.05) is 6.61 Å². The first kappa shape index (κ1) is 15.7. The SMILES string of the molecule is C[C@@H]1NC(C)(C)CO[C@@]1(O)c1cccc(Cl)c1.Cl. The van der Waals surface area contributed by atoms with E-state index in [0.717, 1.165) is 0 Å². The number of hydrogen-bond acceptors (Lipinski definition) is 3. The van der Waals surface area contributed by atoms with Gasteiger partial charge in [-0.25, -0.2) is 0 Å². The summed E-state index contributed by atoms with van der Waals surface area (Å²) in [5.41, 5.74) is 0.546. The highest BCUT2D eigenvalue weighted by Gasteiger charge is 2.44. The van der Waals surface area contributed by atoms with Crippen molar-refractivity contribution in [3.63, 3.8) is 0 Å². The van der Waals surface area contributed by atoms with E-state index < -0.39 is 5.79 Å². The summed E-state index contributed by atoms with van der Waals surface area (Å²) < 4.78 is 5.67. The van der Waals surface area contributed by atoms with Crippen LogP contribution >= 0.6 is 24.0 Å². The van der Waals surface area contributed by atoms with Crippen LogP contribution in [0.15, 0.2) is 24.3 Å². The number of ether oxygens (including phenoxy) is 1. The van der Waals surface area contributed by atoms with Crippen LogP contribution in [0.5, 0.6) is 0 Å². The molecule has 1 aromatic rings. The zero-order valence-corrected chi connectivity index (χ0v) is 12.3. The Labute approximate surface area is 119 Å². The van der Waals surface area contributed by atoms with Gasteiger partial charge in [0.15, 0.2) is 0 Å². The van der Waals surface area contributed by atoms with Gasteiger partial charge in [0.25, 0.3) is 0 Å². The largest absolute Gasteiger partial charge is 0.361 e. The van der Waals surface area contributed by atoms with Gasteiger partial charge < -0.3 is 15.2 Å². The highest BCUT2D eigenvalue weighted by atomic mass is 35.5. The molecule has 0 aromatic heterocycles. The summed E-state index contributed by atoms with van der Waals surface area (Å²) in [6.45, 7) is 6.43. The molecule has 1 aromatic carbocycles. The third-order valence-electron chi connectivity index (χ3n) is 3.09. The number of benzene rings is 1. The molecular weight excluding hydrogens is 273 g/mol. The van der Waals surface area contributed by atoms with Gasteiger partial charge in [0.2, 0.25) is 5.79 Å². The van der Waals surface area contributed by atoms with Crippen molar-refractivity contribution in [2.45, 2.75) is 38.1 Å². The predicted octanol–water partition coefficient (Wildman–Crippen LogP) is 2.69. The number of aliphatic hydroxyl groups is 1. The normalized spacial score (nSPS) is 30.6. The molecule has 0 saturated carbocycles. The molecule has 0 spiro atoms. The van der Waals surface area contributed by atoms with E-state index in [0.29, 0.717) is 17.2 Å². The molecular formula is C13H19Cl2NO2. The maximum atomic E-state index is 10.6. The summed E-state index contributed by atoms with van der Waals surface area (Å²) >= 11 is 5.94. The Bertz CT molecular complexity index is 425. The van der Waals surface area contributed by atoms with E-state index in [1.807, 2.05) is 32.9 Å². The quantitative estimate of drug-likeness (QED) is 0.836. The molecule has 2 N–H and O–H groups in total. The molecule has 1 fully saturated rings. The Morgan fingerprint density at radius 3 is 2.67 bits per heavy atom. The van der Waals surface area contributed by atoms with E-state index in [1.165, 1.54) is 0 Å². The van der Waals surface area contributed by atoms with E-state index in [1.54, 1.807) is 12.1 Å². The van der Waals surface area contributed by atoms with E-state index in [4.69, 9.17) is 16.3 Å². The maximum Gasteiger partial charge on any atom is 0.208 e. The summed E-state index contributed by atoms with van der Waals surface area (Å²) in [7, 11) is 0. The van der Waals surface area contributed by atoms with Crippen LogP contribution in [-0.4, -0.2) is 23.3 Å². The topological polar surface area (TPSA) is 41.5 Å². The van der Waals surface area contributed by atoms with Crippen LogP contribution in [0.1, 0.15) is 26.3 Å². The molecule has 2 rings (SSSR count). The molecule has 0 bridgehead atoms. The first-order valence-corrected chi connectivity index (χ1v) is 6.11. The lowest BCUT2D eigenvalue weighted by Crippen LogP contribution is -2.63. The second kappa shape index (κ2) is 5.35. The van der Waals surface area contributed by atoms with Crippen molar-refractivity contribution in [1.82, 2.24) is 5.32 Å². The second-order valence-corrected chi connectivity index (χ2v) is 5.68. The van der Waals surface area contributed by atoms with Gasteiger partial charge in [0, 0.05) is 16.1 Å². The number of hydrogen-bond donors (Lipinski definition) is 2. The summed E-state index contributed by atoms with van der Waals surface area (Å²) in [5, 5.41) is 14.6. The van der Waals surface area contributed by atoms with Crippen LogP contribution in [-0.2, 0) is 10.5 Å². The van der Waals surface area contributed by atoms with E-state index in [-0.39, 0.29) is 24.0 Å². The minimum Gasteiger partial charge on any atom is -0.361 e. The zero-order valence-electron chi connectivity index (χ0n) is 10.7. The molecule has 1 saturated heterocycles. The number of halogens is 2. The lowest BCUT2D eigenvalue weighted by atomic mass is 9.93. The van der Waals surface area contributed by atoms with Crippen molar-refractivity contribution in [3.05, 3.63) is 34.9 Å². The molecule has 0 aliphatic carbocycles. The van der Waals surface area contributed by atoms with E-state index >= 15 is 0 Å².